The molecule has 59 heavy (non-hydrogen) atoms. The number of benzene rings is 8. The van der Waals surface area contributed by atoms with E-state index in [-0.39, 0.29) is 6.79 Å². The molecule has 282 valence electrons. The summed E-state index contributed by atoms with van der Waals surface area (Å²) in [6.07, 6.45) is 8.42. The van der Waals surface area contributed by atoms with Gasteiger partial charge in [0, 0.05) is 44.5 Å². The lowest BCUT2D eigenvalue weighted by molar-refractivity contribution is 0.124. The van der Waals surface area contributed by atoms with Crippen molar-refractivity contribution >= 4 is 45.8 Å². The third kappa shape index (κ3) is 8.03. The average Bonchev–Trinajstić information content (AvgIpc) is 3.50. The lowest BCUT2D eigenvalue weighted by Gasteiger charge is -2.18. The lowest BCUT2D eigenvalue weighted by Crippen LogP contribution is -2.05. The zero-order chi connectivity index (χ0) is 40.0. The van der Waals surface area contributed by atoms with Crippen molar-refractivity contribution in [1.82, 2.24) is 0 Å². The third-order valence-corrected chi connectivity index (χ3v) is 10.3. The Kier molecular flexibility index (Phi) is 10.4. The lowest BCUT2D eigenvalue weighted by atomic mass is 9.87. The Morgan fingerprint density at radius 2 is 0.831 bits per heavy atom. The van der Waals surface area contributed by atoms with Crippen LogP contribution in [0.15, 0.2) is 158 Å². The number of fused-ring (bicyclic) bond motifs is 7. The molecule has 0 bridgehead atoms. The molecule has 0 saturated carbocycles. The van der Waals surface area contributed by atoms with E-state index in [1.54, 1.807) is 14.2 Å². The average molecular weight is 763 g/mol. The molecule has 8 aromatic rings. The molecule has 1 heterocycles. The number of rotatable bonds is 6. The Labute approximate surface area is 344 Å². The fourth-order valence-corrected chi connectivity index (χ4v) is 7.31. The number of hydrogen-bond donors (Lipinski definition) is 0. The van der Waals surface area contributed by atoms with Crippen LogP contribution in [0.5, 0.6) is 23.0 Å². The first kappa shape index (κ1) is 36.7. The zero-order valence-electron chi connectivity index (χ0n) is 32.7. The van der Waals surface area contributed by atoms with Gasteiger partial charge >= 0.3 is 0 Å². The molecule has 0 atom stereocenters. The van der Waals surface area contributed by atoms with Crippen LogP contribution in [0, 0.1) is 23.7 Å². The van der Waals surface area contributed by atoms with E-state index in [2.05, 4.69) is 96.5 Å². The Morgan fingerprint density at radius 1 is 0.424 bits per heavy atom. The second-order valence-corrected chi connectivity index (χ2v) is 14.1. The molecule has 0 aliphatic carbocycles. The van der Waals surface area contributed by atoms with Crippen molar-refractivity contribution in [3.63, 3.8) is 0 Å². The zero-order valence-corrected chi connectivity index (χ0v) is 32.7. The molecule has 0 N–H and O–H groups in total. The van der Waals surface area contributed by atoms with E-state index in [4.69, 9.17) is 18.9 Å². The van der Waals surface area contributed by atoms with Crippen molar-refractivity contribution in [1.29, 1.82) is 0 Å². The minimum atomic E-state index is 0.0328. The summed E-state index contributed by atoms with van der Waals surface area (Å²) in [7, 11) is 3.35. The van der Waals surface area contributed by atoms with Gasteiger partial charge in [-0.3, -0.25) is 0 Å². The molecule has 0 aromatic heterocycles. The summed E-state index contributed by atoms with van der Waals surface area (Å²) in [6, 6.07) is 53.3. The van der Waals surface area contributed by atoms with Crippen LogP contribution in [0.25, 0.3) is 57.0 Å². The second-order valence-electron chi connectivity index (χ2n) is 14.1. The van der Waals surface area contributed by atoms with Crippen molar-refractivity contribution < 1.29 is 18.9 Å². The molecule has 4 nitrogen and oxygen atoms in total. The van der Waals surface area contributed by atoms with Gasteiger partial charge < -0.3 is 18.9 Å². The molecule has 4 heteroatoms. The van der Waals surface area contributed by atoms with Crippen LogP contribution in [-0.2, 0) is 0 Å². The van der Waals surface area contributed by atoms with Gasteiger partial charge in [-0.1, -0.05) is 121 Å². The predicted octanol–water partition coefficient (Wildman–Crippen LogP) is 12.5. The van der Waals surface area contributed by atoms with Gasteiger partial charge in [0.15, 0.2) is 0 Å². The summed E-state index contributed by atoms with van der Waals surface area (Å²) in [5, 5.41) is 4.13. The number of hydrogen-bond acceptors (Lipinski definition) is 4. The summed E-state index contributed by atoms with van der Waals surface area (Å²) >= 11 is 0. The Bertz CT molecular complexity index is 2800. The highest BCUT2D eigenvalue weighted by Gasteiger charge is 2.26. The summed E-state index contributed by atoms with van der Waals surface area (Å²) in [5.74, 6) is 16.6. The summed E-state index contributed by atoms with van der Waals surface area (Å²) in [6.45, 7) is 0.0328. The maximum absolute atomic E-state index is 6.65. The van der Waals surface area contributed by atoms with Gasteiger partial charge in [-0.15, -0.1) is 0 Å². The molecular formula is C55H38O4. The molecular weight excluding hydrogens is 725 g/mol. The van der Waals surface area contributed by atoms with Crippen LogP contribution in [0.3, 0.4) is 0 Å². The molecule has 0 fully saturated rings. The standard InChI is InChI=1S/C55H38O4/c1-56-48-27-19-40(20-28-48)17-25-44-35-46-33-42(15-13-38-9-5-3-6-10-38)23-31-50(46)52-53-51-32-24-43(16-14-39-11-7-4-8-12-39)34-47(51)36-45(55(53)59-37-58-54(44)52)26-18-41-21-29-49(57-2)30-22-41/h3-12,17-36H,37H2,1-2H3/b25-17+,26-18+. The third-order valence-electron chi connectivity index (χ3n) is 10.3. The monoisotopic (exact) mass is 762 g/mol. The highest BCUT2D eigenvalue weighted by atomic mass is 16.7. The first-order valence-electron chi connectivity index (χ1n) is 19.4. The smallest absolute Gasteiger partial charge is 0.231 e. The van der Waals surface area contributed by atoms with Gasteiger partial charge in [0.2, 0.25) is 6.79 Å². The van der Waals surface area contributed by atoms with Crippen LogP contribution in [0.2, 0.25) is 0 Å². The SMILES string of the molecule is COc1ccc(/C=C/c2cc3cc(C#Cc4ccccc4)ccc3c3c2OCOc2c(/C=C/c4ccc(OC)cc4)cc4cc(C#Cc5ccccc5)ccc4c2-3)cc1. The quantitative estimate of drug-likeness (QED) is 0.125. The van der Waals surface area contributed by atoms with E-state index in [1.165, 1.54) is 0 Å². The second kappa shape index (κ2) is 16.7. The first-order chi connectivity index (χ1) is 29.1. The molecule has 0 saturated heterocycles. The van der Waals surface area contributed by atoms with Gasteiger partial charge in [0.25, 0.3) is 0 Å². The Morgan fingerprint density at radius 3 is 1.24 bits per heavy atom. The molecule has 0 unspecified atom stereocenters. The van der Waals surface area contributed by atoms with Crippen molar-refractivity contribution in [3.8, 4) is 57.8 Å². The molecule has 0 spiro atoms. The molecule has 1 aliphatic rings. The van der Waals surface area contributed by atoms with E-state index >= 15 is 0 Å². The molecule has 8 aromatic carbocycles. The summed E-state index contributed by atoms with van der Waals surface area (Å²) in [5.41, 5.74) is 9.59. The fourth-order valence-electron chi connectivity index (χ4n) is 7.31. The molecule has 9 rings (SSSR count). The molecule has 0 radical (unpaired) electrons. The van der Waals surface area contributed by atoms with E-state index in [1.807, 2.05) is 109 Å². The Balaban J connectivity index is 1.27. The topological polar surface area (TPSA) is 36.9 Å². The summed E-state index contributed by atoms with van der Waals surface area (Å²) < 4.78 is 24.1. The van der Waals surface area contributed by atoms with E-state index < -0.39 is 0 Å². The van der Waals surface area contributed by atoms with Crippen LogP contribution in [0.4, 0.5) is 0 Å². The maximum Gasteiger partial charge on any atom is 0.231 e. The molecule has 0 amide bonds. The normalized spacial score (nSPS) is 11.7. The van der Waals surface area contributed by atoms with Gasteiger partial charge in [-0.2, -0.15) is 0 Å². The van der Waals surface area contributed by atoms with Crippen LogP contribution in [0.1, 0.15) is 44.5 Å². The van der Waals surface area contributed by atoms with Crippen molar-refractivity contribution in [3.05, 3.63) is 202 Å². The Hall–Kier alpha value is -7.92. The van der Waals surface area contributed by atoms with Crippen molar-refractivity contribution in [2.24, 2.45) is 0 Å². The summed E-state index contributed by atoms with van der Waals surface area (Å²) in [4.78, 5) is 0. The van der Waals surface area contributed by atoms with Crippen molar-refractivity contribution in [2.75, 3.05) is 21.0 Å². The van der Waals surface area contributed by atoms with Gasteiger partial charge in [0.05, 0.1) is 14.2 Å². The van der Waals surface area contributed by atoms with E-state index in [9.17, 15) is 0 Å². The largest absolute Gasteiger partial charge is 0.497 e. The number of ether oxygens (including phenoxy) is 4. The fraction of sp³-hybridized carbons (Fsp3) is 0.0545. The van der Waals surface area contributed by atoms with Crippen LogP contribution >= 0.6 is 0 Å². The first-order valence-corrected chi connectivity index (χ1v) is 19.4. The minimum absolute atomic E-state index is 0.0328. The van der Waals surface area contributed by atoms with Crippen LogP contribution in [-0.4, -0.2) is 21.0 Å². The van der Waals surface area contributed by atoms with E-state index in [0.29, 0.717) is 0 Å². The highest BCUT2D eigenvalue weighted by Crippen LogP contribution is 2.51. The minimum Gasteiger partial charge on any atom is -0.497 e. The maximum atomic E-state index is 6.65. The predicted molar refractivity (Wildman–Crippen MR) is 242 cm³/mol. The van der Waals surface area contributed by atoms with Crippen LogP contribution < -0.4 is 18.9 Å². The van der Waals surface area contributed by atoms with E-state index in [0.717, 1.165) is 100 Å². The van der Waals surface area contributed by atoms with Gasteiger partial charge in [0.1, 0.15) is 23.0 Å². The van der Waals surface area contributed by atoms with Gasteiger partial charge in [-0.05, 0) is 118 Å². The number of methoxy groups -OCH3 is 2. The van der Waals surface area contributed by atoms with Crippen molar-refractivity contribution in [2.45, 2.75) is 0 Å². The van der Waals surface area contributed by atoms with Gasteiger partial charge in [-0.25, -0.2) is 0 Å². The molecule has 1 aliphatic heterocycles. The highest BCUT2D eigenvalue weighted by molar-refractivity contribution is 6.13.